The molecule has 1 aromatic carbocycles. The summed E-state index contributed by atoms with van der Waals surface area (Å²) in [6.45, 7) is -1.68. The molecular formula is C10H7F2IO3. The van der Waals surface area contributed by atoms with Crippen molar-refractivity contribution in [3.63, 3.8) is 0 Å². The zero-order valence-electron chi connectivity index (χ0n) is 8.17. The Balaban J connectivity index is 3.28. The van der Waals surface area contributed by atoms with E-state index in [9.17, 15) is 18.4 Å². The number of carbonyl (C=O) groups is 2. The topological polar surface area (TPSA) is 43.4 Å². The van der Waals surface area contributed by atoms with Crippen molar-refractivity contribution in [2.45, 2.75) is 13.5 Å². The number of benzene rings is 1. The van der Waals surface area contributed by atoms with E-state index in [0.717, 1.165) is 0 Å². The van der Waals surface area contributed by atoms with E-state index in [-0.39, 0.29) is 22.7 Å². The average molecular weight is 340 g/mol. The number of aldehydes is 1. The van der Waals surface area contributed by atoms with E-state index in [1.54, 1.807) is 22.6 Å². The molecule has 0 heterocycles. The minimum absolute atomic E-state index is 0.0580. The lowest BCUT2D eigenvalue weighted by Crippen LogP contribution is -2.07. The number of rotatable bonds is 4. The van der Waals surface area contributed by atoms with Gasteiger partial charge in [-0.05, 0) is 41.6 Å². The molecule has 86 valence electrons. The lowest BCUT2D eigenvalue weighted by molar-refractivity contribution is -0.0506. The van der Waals surface area contributed by atoms with E-state index >= 15 is 0 Å². The molecule has 0 aliphatic heterocycles. The smallest absolute Gasteiger partial charge is 0.387 e. The van der Waals surface area contributed by atoms with Gasteiger partial charge in [-0.3, -0.25) is 9.59 Å². The van der Waals surface area contributed by atoms with Crippen molar-refractivity contribution in [3.8, 4) is 5.75 Å². The van der Waals surface area contributed by atoms with Gasteiger partial charge >= 0.3 is 6.61 Å². The number of hydrogen-bond acceptors (Lipinski definition) is 3. The summed E-state index contributed by atoms with van der Waals surface area (Å²) in [5.41, 5.74) is 0.227. The zero-order chi connectivity index (χ0) is 12.3. The van der Waals surface area contributed by atoms with Crippen LogP contribution >= 0.6 is 22.6 Å². The largest absolute Gasteiger partial charge is 0.433 e. The second-order valence-electron chi connectivity index (χ2n) is 2.93. The SMILES string of the molecule is CC(=O)c1cc(I)c(OC(F)F)c(C=O)c1. The van der Waals surface area contributed by atoms with Gasteiger partial charge in [0.2, 0.25) is 0 Å². The van der Waals surface area contributed by atoms with Crippen LogP contribution in [0.1, 0.15) is 27.6 Å². The second kappa shape index (κ2) is 5.33. The molecule has 1 aromatic rings. The average Bonchev–Trinajstić information content (AvgIpc) is 2.19. The van der Waals surface area contributed by atoms with Crippen LogP contribution in [0.3, 0.4) is 0 Å². The highest BCUT2D eigenvalue weighted by Crippen LogP contribution is 2.28. The lowest BCUT2D eigenvalue weighted by Gasteiger charge is -2.10. The summed E-state index contributed by atoms with van der Waals surface area (Å²) in [4.78, 5) is 21.8. The van der Waals surface area contributed by atoms with E-state index in [2.05, 4.69) is 4.74 Å². The van der Waals surface area contributed by atoms with Crippen molar-refractivity contribution < 1.29 is 23.1 Å². The Kier molecular flexibility index (Phi) is 4.34. The Morgan fingerprint density at radius 2 is 2.12 bits per heavy atom. The molecule has 0 amide bonds. The van der Waals surface area contributed by atoms with Gasteiger partial charge < -0.3 is 4.74 Å². The molecule has 0 aliphatic carbocycles. The predicted octanol–water partition coefficient (Wildman–Crippen LogP) is 2.91. The van der Waals surface area contributed by atoms with E-state index in [1.165, 1.54) is 19.1 Å². The van der Waals surface area contributed by atoms with Crippen LogP contribution in [0.2, 0.25) is 0 Å². The van der Waals surface area contributed by atoms with Crippen molar-refractivity contribution in [2.24, 2.45) is 0 Å². The fraction of sp³-hybridized carbons (Fsp3) is 0.200. The Morgan fingerprint density at radius 1 is 1.50 bits per heavy atom. The molecule has 0 saturated heterocycles. The van der Waals surface area contributed by atoms with Gasteiger partial charge in [-0.1, -0.05) is 0 Å². The van der Waals surface area contributed by atoms with Gasteiger partial charge in [0.15, 0.2) is 12.1 Å². The molecule has 1 rings (SSSR count). The number of Topliss-reactive ketones (excluding diaryl/α,β-unsaturated/α-hetero) is 1. The van der Waals surface area contributed by atoms with Crippen LogP contribution in [0, 0.1) is 3.57 Å². The Hall–Kier alpha value is -1.05. The van der Waals surface area contributed by atoms with Crippen LogP contribution in [-0.4, -0.2) is 18.7 Å². The molecule has 0 radical (unpaired) electrons. The monoisotopic (exact) mass is 340 g/mol. The van der Waals surface area contributed by atoms with Crippen LogP contribution in [0.15, 0.2) is 12.1 Å². The first-order valence-corrected chi connectivity index (χ1v) is 5.28. The maximum Gasteiger partial charge on any atom is 0.387 e. The van der Waals surface area contributed by atoms with Gasteiger partial charge in [0.25, 0.3) is 0 Å². The summed E-state index contributed by atoms with van der Waals surface area (Å²) >= 11 is 1.73. The molecular weight excluding hydrogens is 333 g/mol. The highest BCUT2D eigenvalue weighted by atomic mass is 127. The Morgan fingerprint density at radius 3 is 2.56 bits per heavy atom. The molecule has 0 saturated carbocycles. The normalized spacial score (nSPS) is 10.3. The van der Waals surface area contributed by atoms with Crippen LogP contribution < -0.4 is 4.74 Å². The summed E-state index contributed by atoms with van der Waals surface area (Å²) in [5, 5.41) is 0. The van der Waals surface area contributed by atoms with E-state index in [4.69, 9.17) is 0 Å². The molecule has 0 bridgehead atoms. The number of carbonyl (C=O) groups excluding carboxylic acids is 2. The molecule has 0 N–H and O–H groups in total. The number of ketones is 1. The third-order valence-corrected chi connectivity index (χ3v) is 2.61. The van der Waals surface area contributed by atoms with Gasteiger partial charge in [-0.25, -0.2) is 0 Å². The first-order chi connectivity index (χ1) is 7.45. The Bertz CT molecular complexity index is 432. The molecule has 0 aliphatic rings. The number of alkyl halides is 2. The molecule has 0 aromatic heterocycles. The maximum absolute atomic E-state index is 12.1. The first kappa shape index (κ1) is 13.0. The molecule has 16 heavy (non-hydrogen) atoms. The van der Waals surface area contributed by atoms with Crippen LogP contribution in [0.5, 0.6) is 5.75 Å². The van der Waals surface area contributed by atoms with Gasteiger partial charge in [0.05, 0.1) is 9.13 Å². The van der Waals surface area contributed by atoms with Crippen molar-refractivity contribution in [3.05, 3.63) is 26.8 Å². The van der Waals surface area contributed by atoms with E-state index in [1.807, 2.05) is 0 Å². The molecule has 6 heteroatoms. The molecule has 0 fully saturated rings. The van der Waals surface area contributed by atoms with Gasteiger partial charge in [-0.15, -0.1) is 0 Å². The zero-order valence-corrected chi connectivity index (χ0v) is 10.3. The van der Waals surface area contributed by atoms with Crippen LogP contribution in [-0.2, 0) is 0 Å². The maximum atomic E-state index is 12.1. The fourth-order valence-corrected chi connectivity index (χ4v) is 1.89. The van der Waals surface area contributed by atoms with Crippen molar-refractivity contribution in [1.82, 2.24) is 0 Å². The quantitative estimate of drug-likeness (QED) is 0.481. The Labute approximate surface area is 104 Å². The van der Waals surface area contributed by atoms with E-state index in [0.29, 0.717) is 9.86 Å². The first-order valence-electron chi connectivity index (χ1n) is 4.20. The highest BCUT2D eigenvalue weighted by molar-refractivity contribution is 14.1. The lowest BCUT2D eigenvalue weighted by atomic mass is 10.1. The summed E-state index contributed by atoms with van der Waals surface area (Å²) in [6, 6.07) is 2.63. The molecule has 0 unspecified atom stereocenters. The van der Waals surface area contributed by atoms with Gasteiger partial charge in [-0.2, -0.15) is 8.78 Å². The molecule has 0 atom stereocenters. The van der Waals surface area contributed by atoms with Crippen LogP contribution in [0.4, 0.5) is 8.78 Å². The molecule has 0 spiro atoms. The number of hydrogen-bond donors (Lipinski definition) is 0. The molecule has 3 nitrogen and oxygen atoms in total. The number of halogens is 3. The standard InChI is InChI=1S/C10H7F2IO3/c1-5(15)6-2-7(4-14)9(8(13)3-6)16-10(11)12/h2-4,10H,1H3. The summed E-state index contributed by atoms with van der Waals surface area (Å²) < 4.78 is 28.7. The predicted molar refractivity (Wildman–Crippen MR) is 61.2 cm³/mol. The highest BCUT2D eigenvalue weighted by Gasteiger charge is 2.15. The van der Waals surface area contributed by atoms with Crippen molar-refractivity contribution in [1.29, 1.82) is 0 Å². The number of ether oxygens (including phenoxy) is 1. The van der Waals surface area contributed by atoms with Crippen molar-refractivity contribution in [2.75, 3.05) is 0 Å². The van der Waals surface area contributed by atoms with E-state index < -0.39 is 6.61 Å². The summed E-state index contributed by atoms with van der Waals surface area (Å²) in [5.74, 6) is -0.444. The minimum atomic E-state index is -3.00. The van der Waals surface area contributed by atoms with Crippen LogP contribution in [0.25, 0.3) is 0 Å². The van der Waals surface area contributed by atoms with Gasteiger partial charge in [0.1, 0.15) is 5.75 Å². The minimum Gasteiger partial charge on any atom is -0.433 e. The third-order valence-electron chi connectivity index (χ3n) is 1.81. The summed E-state index contributed by atoms with van der Waals surface area (Å²) in [7, 11) is 0. The second-order valence-corrected chi connectivity index (χ2v) is 4.09. The van der Waals surface area contributed by atoms with Gasteiger partial charge in [0, 0.05) is 5.56 Å². The third kappa shape index (κ3) is 2.97. The summed E-state index contributed by atoms with van der Waals surface area (Å²) in [6.07, 6.45) is 0.381. The van der Waals surface area contributed by atoms with Crippen molar-refractivity contribution >= 4 is 34.7 Å². The fourth-order valence-electron chi connectivity index (χ4n) is 1.12.